The summed E-state index contributed by atoms with van der Waals surface area (Å²) in [6, 6.07) is 10.1. The highest BCUT2D eigenvalue weighted by Gasteiger charge is 2.33. The summed E-state index contributed by atoms with van der Waals surface area (Å²) in [6.07, 6.45) is 0. The van der Waals surface area contributed by atoms with Gasteiger partial charge in [-0.15, -0.1) is 0 Å². The Balaban J connectivity index is 1.90. The van der Waals surface area contributed by atoms with Crippen molar-refractivity contribution >= 4 is 39.3 Å². The predicted octanol–water partition coefficient (Wildman–Crippen LogP) is 3.24. The fraction of sp³-hybridized carbons (Fsp3) is 0.118. The molecule has 0 unspecified atom stereocenters. The number of fused-ring (bicyclic) bond motifs is 1. The molecule has 1 heterocycles. The highest BCUT2D eigenvalue weighted by atomic mass is 79.9. The van der Waals surface area contributed by atoms with Crippen molar-refractivity contribution in [2.75, 3.05) is 12.4 Å². The largest absolute Gasteiger partial charge is 0.321 e. The molecule has 3 rings (SSSR count). The van der Waals surface area contributed by atoms with Gasteiger partial charge < -0.3 is 5.32 Å². The Bertz CT molecular complexity index is 861. The molecule has 2 aromatic rings. The van der Waals surface area contributed by atoms with Gasteiger partial charge in [0.05, 0.1) is 16.8 Å². The third-order valence-electron chi connectivity index (χ3n) is 3.72. The molecule has 3 amide bonds. The zero-order valence-electron chi connectivity index (χ0n) is 12.5. The number of halogens is 1. The summed E-state index contributed by atoms with van der Waals surface area (Å²) in [5.74, 6) is -1.08. The number of nitrogens with one attached hydrogen (secondary N) is 1. The molecule has 0 bridgehead atoms. The van der Waals surface area contributed by atoms with Gasteiger partial charge in [0.2, 0.25) is 0 Å². The van der Waals surface area contributed by atoms with Crippen LogP contribution in [0, 0.1) is 6.92 Å². The van der Waals surface area contributed by atoms with Crippen LogP contribution < -0.4 is 5.32 Å². The van der Waals surface area contributed by atoms with E-state index in [1.54, 1.807) is 12.1 Å². The van der Waals surface area contributed by atoms with Gasteiger partial charge >= 0.3 is 0 Å². The first-order valence-electron chi connectivity index (χ1n) is 6.92. The number of carbonyl (C=O) groups is 3. The smallest absolute Gasteiger partial charge is 0.261 e. The molecule has 0 aliphatic carbocycles. The number of hydrogen-bond donors (Lipinski definition) is 1. The molecule has 0 atom stereocenters. The number of nitrogens with zero attached hydrogens (tertiary/aromatic N) is 1. The van der Waals surface area contributed by atoms with Crippen molar-refractivity contribution in [1.82, 2.24) is 4.90 Å². The zero-order chi connectivity index (χ0) is 16.7. The van der Waals surface area contributed by atoms with Gasteiger partial charge in [0.15, 0.2) is 0 Å². The van der Waals surface area contributed by atoms with Crippen LogP contribution in [0.1, 0.15) is 36.6 Å². The van der Waals surface area contributed by atoms with Gasteiger partial charge in [-0.3, -0.25) is 19.3 Å². The van der Waals surface area contributed by atoms with E-state index in [1.165, 1.54) is 19.2 Å². The molecule has 2 aromatic carbocycles. The molecular formula is C17H13BrN2O3. The normalized spacial score (nSPS) is 13.3. The molecule has 0 aromatic heterocycles. The minimum absolute atomic E-state index is 0.258. The summed E-state index contributed by atoms with van der Waals surface area (Å²) in [5.41, 5.74) is 2.62. The van der Waals surface area contributed by atoms with Crippen molar-refractivity contribution in [3.8, 4) is 0 Å². The van der Waals surface area contributed by atoms with E-state index in [9.17, 15) is 14.4 Å². The first-order valence-corrected chi connectivity index (χ1v) is 7.71. The van der Waals surface area contributed by atoms with Gasteiger partial charge in [0.1, 0.15) is 0 Å². The Labute approximate surface area is 141 Å². The Hall–Kier alpha value is -2.47. The average Bonchev–Trinajstić information content (AvgIpc) is 2.74. The fourth-order valence-electron chi connectivity index (χ4n) is 2.42. The van der Waals surface area contributed by atoms with Crippen molar-refractivity contribution < 1.29 is 14.4 Å². The lowest BCUT2D eigenvalue weighted by molar-refractivity contribution is 0.0693. The van der Waals surface area contributed by atoms with Crippen LogP contribution in [0.3, 0.4) is 0 Å². The molecule has 23 heavy (non-hydrogen) atoms. The lowest BCUT2D eigenvalue weighted by Crippen LogP contribution is -2.24. The van der Waals surface area contributed by atoms with Crippen molar-refractivity contribution in [2.24, 2.45) is 0 Å². The van der Waals surface area contributed by atoms with Crippen LogP contribution >= 0.6 is 15.9 Å². The van der Waals surface area contributed by atoms with E-state index in [-0.39, 0.29) is 17.4 Å². The second kappa shape index (κ2) is 5.62. The summed E-state index contributed by atoms with van der Waals surface area (Å²) < 4.78 is 0.776. The number of anilines is 1. The molecule has 0 saturated carbocycles. The van der Waals surface area contributed by atoms with Crippen LogP contribution in [-0.2, 0) is 0 Å². The zero-order valence-corrected chi connectivity index (χ0v) is 14.1. The minimum Gasteiger partial charge on any atom is -0.321 e. The number of rotatable bonds is 2. The van der Waals surface area contributed by atoms with Crippen molar-refractivity contribution in [3.63, 3.8) is 0 Å². The standard InChI is InChI=1S/C17H13BrN2O3/c1-9-3-6-14(13(18)7-9)19-15(21)10-4-5-11-12(8-10)17(23)20(2)16(11)22/h3-8H,1-2H3,(H,19,21). The van der Waals surface area contributed by atoms with E-state index in [1.807, 2.05) is 19.1 Å². The summed E-state index contributed by atoms with van der Waals surface area (Å²) in [5, 5.41) is 2.79. The summed E-state index contributed by atoms with van der Waals surface area (Å²) >= 11 is 3.40. The fourth-order valence-corrected chi connectivity index (χ4v) is 3.01. The highest BCUT2D eigenvalue weighted by molar-refractivity contribution is 9.10. The van der Waals surface area contributed by atoms with Gasteiger partial charge in [-0.05, 0) is 58.7 Å². The topological polar surface area (TPSA) is 66.5 Å². The van der Waals surface area contributed by atoms with Crippen LogP contribution in [0.15, 0.2) is 40.9 Å². The first-order chi connectivity index (χ1) is 10.9. The quantitative estimate of drug-likeness (QED) is 0.822. The molecule has 0 spiro atoms. The highest BCUT2D eigenvalue weighted by Crippen LogP contribution is 2.26. The molecular weight excluding hydrogens is 360 g/mol. The summed E-state index contributed by atoms with van der Waals surface area (Å²) in [7, 11) is 1.42. The molecule has 1 aliphatic rings. The average molecular weight is 373 g/mol. The molecule has 1 aliphatic heterocycles. The maximum Gasteiger partial charge on any atom is 0.261 e. The van der Waals surface area contributed by atoms with E-state index < -0.39 is 5.91 Å². The van der Waals surface area contributed by atoms with Gasteiger partial charge in [-0.1, -0.05) is 6.07 Å². The third-order valence-corrected chi connectivity index (χ3v) is 4.38. The Morgan fingerprint density at radius 2 is 1.74 bits per heavy atom. The monoisotopic (exact) mass is 372 g/mol. The maximum atomic E-state index is 12.4. The van der Waals surface area contributed by atoms with Crippen LogP contribution in [0.2, 0.25) is 0 Å². The van der Waals surface area contributed by atoms with Gasteiger partial charge in [0.25, 0.3) is 17.7 Å². The number of imide groups is 1. The molecule has 5 nitrogen and oxygen atoms in total. The van der Waals surface area contributed by atoms with E-state index in [4.69, 9.17) is 0 Å². The predicted molar refractivity (Wildman–Crippen MR) is 89.7 cm³/mol. The molecule has 0 fully saturated rings. The Kier molecular flexibility index (Phi) is 3.77. The van der Waals surface area contributed by atoms with E-state index in [0.29, 0.717) is 16.8 Å². The number of hydrogen-bond acceptors (Lipinski definition) is 3. The lowest BCUT2D eigenvalue weighted by Gasteiger charge is -2.08. The number of aryl methyl sites for hydroxylation is 1. The molecule has 0 radical (unpaired) electrons. The number of benzene rings is 2. The van der Waals surface area contributed by atoms with Crippen LogP contribution in [0.4, 0.5) is 5.69 Å². The van der Waals surface area contributed by atoms with Crippen molar-refractivity contribution in [2.45, 2.75) is 6.92 Å². The summed E-state index contributed by atoms with van der Waals surface area (Å²) in [4.78, 5) is 37.3. The van der Waals surface area contributed by atoms with Gasteiger partial charge in [0, 0.05) is 17.1 Å². The molecule has 116 valence electrons. The second-order valence-electron chi connectivity index (χ2n) is 5.37. The minimum atomic E-state index is -0.392. The SMILES string of the molecule is Cc1ccc(NC(=O)c2ccc3c(c2)C(=O)N(C)C3=O)c(Br)c1. The van der Waals surface area contributed by atoms with Crippen LogP contribution in [-0.4, -0.2) is 29.7 Å². The maximum absolute atomic E-state index is 12.4. The third kappa shape index (κ3) is 2.66. The number of amides is 3. The molecule has 0 saturated heterocycles. The van der Waals surface area contributed by atoms with E-state index in [0.717, 1.165) is 14.9 Å². The van der Waals surface area contributed by atoms with Crippen LogP contribution in [0.5, 0.6) is 0 Å². The number of carbonyl (C=O) groups excluding carboxylic acids is 3. The Morgan fingerprint density at radius 1 is 1.04 bits per heavy atom. The van der Waals surface area contributed by atoms with Gasteiger partial charge in [-0.2, -0.15) is 0 Å². The second-order valence-corrected chi connectivity index (χ2v) is 6.22. The van der Waals surface area contributed by atoms with Crippen molar-refractivity contribution in [1.29, 1.82) is 0 Å². The summed E-state index contributed by atoms with van der Waals surface area (Å²) in [6.45, 7) is 1.95. The Morgan fingerprint density at radius 3 is 2.43 bits per heavy atom. The van der Waals surface area contributed by atoms with E-state index in [2.05, 4.69) is 21.2 Å². The van der Waals surface area contributed by atoms with Gasteiger partial charge in [-0.25, -0.2) is 0 Å². The van der Waals surface area contributed by atoms with E-state index >= 15 is 0 Å². The molecule has 6 heteroatoms. The molecule has 1 N–H and O–H groups in total. The van der Waals surface area contributed by atoms with Crippen LogP contribution in [0.25, 0.3) is 0 Å². The lowest BCUT2D eigenvalue weighted by atomic mass is 10.1. The first kappa shape index (κ1) is 15.4. The van der Waals surface area contributed by atoms with Crippen molar-refractivity contribution in [3.05, 3.63) is 63.1 Å².